The second-order valence-corrected chi connectivity index (χ2v) is 8.80. The van der Waals surface area contributed by atoms with E-state index in [1.54, 1.807) is 42.9 Å². The molecular weight excluding hydrogens is 362 g/mol. The highest BCUT2D eigenvalue weighted by atomic mass is 32.2. The maximum atomic E-state index is 12.5. The summed E-state index contributed by atoms with van der Waals surface area (Å²) >= 11 is 0. The van der Waals surface area contributed by atoms with E-state index in [4.69, 9.17) is 4.74 Å². The lowest BCUT2D eigenvalue weighted by Crippen LogP contribution is -2.16. The van der Waals surface area contributed by atoms with E-state index in [-0.39, 0.29) is 17.1 Å². The van der Waals surface area contributed by atoms with E-state index in [1.807, 2.05) is 31.2 Å². The van der Waals surface area contributed by atoms with Gasteiger partial charge in [0.05, 0.1) is 12.4 Å². The van der Waals surface area contributed by atoms with Gasteiger partial charge in [0.15, 0.2) is 9.84 Å². The van der Waals surface area contributed by atoms with Crippen LogP contribution in [0.1, 0.15) is 19.4 Å². The highest BCUT2D eigenvalue weighted by Crippen LogP contribution is 2.35. The van der Waals surface area contributed by atoms with Crippen molar-refractivity contribution >= 4 is 20.6 Å². The Morgan fingerprint density at radius 3 is 2.37 bits per heavy atom. The minimum absolute atomic E-state index is 0.0212. The number of rotatable bonds is 6. The van der Waals surface area contributed by atoms with E-state index in [0.29, 0.717) is 23.3 Å². The van der Waals surface area contributed by atoms with Gasteiger partial charge in [0.25, 0.3) is 5.56 Å². The summed E-state index contributed by atoms with van der Waals surface area (Å²) in [5, 5.41) is 1.43. The van der Waals surface area contributed by atoms with E-state index in [1.165, 1.54) is 0 Å². The molecule has 0 N–H and O–H groups in total. The Bertz CT molecular complexity index is 1150. The van der Waals surface area contributed by atoms with Crippen LogP contribution in [0.25, 0.3) is 21.9 Å². The van der Waals surface area contributed by atoms with Crippen LogP contribution in [0, 0.1) is 0 Å². The fourth-order valence-corrected chi connectivity index (χ4v) is 4.04. The predicted molar refractivity (Wildman–Crippen MR) is 109 cm³/mol. The lowest BCUT2D eigenvalue weighted by molar-refractivity contribution is 0.341. The van der Waals surface area contributed by atoms with Crippen LogP contribution in [0.5, 0.6) is 5.75 Å². The lowest BCUT2D eigenvalue weighted by Gasteiger charge is -2.15. The van der Waals surface area contributed by atoms with Crippen molar-refractivity contribution in [3.05, 3.63) is 64.6 Å². The Morgan fingerprint density at radius 1 is 1.00 bits per heavy atom. The number of pyridine rings is 1. The molecule has 1 aromatic heterocycles. The molecule has 0 spiro atoms. The number of hydrogen-bond donors (Lipinski definition) is 0. The summed E-state index contributed by atoms with van der Waals surface area (Å²) in [6, 6.07) is 12.9. The van der Waals surface area contributed by atoms with Gasteiger partial charge in [-0.25, -0.2) is 8.42 Å². The van der Waals surface area contributed by atoms with Crippen molar-refractivity contribution in [1.82, 2.24) is 4.57 Å². The predicted octanol–water partition coefficient (Wildman–Crippen LogP) is 3.54. The van der Waals surface area contributed by atoms with Crippen molar-refractivity contribution in [2.45, 2.75) is 19.6 Å². The quantitative estimate of drug-likeness (QED) is 0.651. The minimum atomic E-state index is -3.15. The third kappa shape index (κ3) is 3.90. The molecule has 0 bridgehead atoms. The maximum absolute atomic E-state index is 12.5. The van der Waals surface area contributed by atoms with Gasteiger partial charge in [-0.2, -0.15) is 0 Å². The molecule has 5 nitrogen and oxygen atoms in total. The summed E-state index contributed by atoms with van der Waals surface area (Å²) in [5.41, 5.74) is 2.25. The van der Waals surface area contributed by atoms with Crippen molar-refractivity contribution in [3.8, 4) is 16.9 Å². The fraction of sp³-hybridized carbons (Fsp3) is 0.286. The largest absolute Gasteiger partial charge is 0.493 e. The molecule has 0 amide bonds. The Labute approximate surface area is 159 Å². The standard InChI is InChI=1S/C21H23NO4S/c1-4-26-20-11-10-15(14-27(24,25)5-2)12-18(20)19-13-22(3)21(23)17-9-7-6-8-16(17)19/h6-13H,4-5,14H2,1-3H3. The minimum Gasteiger partial charge on any atom is -0.493 e. The zero-order valence-corrected chi connectivity index (χ0v) is 16.5. The summed E-state index contributed by atoms with van der Waals surface area (Å²) in [6.45, 7) is 4.03. The molecule has 0 fully saturated rings. The summed E-state index contributed by atoms with van der Waals surface area (Å²) in [7, 11) is -1.44. The Balaban J connectivity index is 2.28. The Kier molecular flexibility index (Phi) is 5.37. The number of fused-ring (bicyclic) bond motifs is 1. The van der Waals surface area contributed by atoms with Gasteiger partial charge >= 0.3 is 0 Å². The molecule has 27 heavy (non-hydrogen) atoms. The van der Waals surface area contributed by atoms with Crippen LogP contribution in [0.3, 0.4) is 0 Å². The molecule has 1 heterocycles. The van der Waals surface area contributed by atoms with Gasteiger partial charge in [-0.1, -0.05) is 31.2 Å². The summed E-state index contributed by atoms with van der Waals surface area (Å²) in [4.78, 5) is 12.5. The Morgan fingerprint density at radius 2 is 1.70 bits per heavy atom. The van der Waals surface area contributed by atoms with Gasteiger partial charge in [0, 0.05) is 35.5 Å². The maximum Gasteiger partial charge on any atom is 0.258 e. The first-order chi connectivity index (χ1) is 12.9. The molecule has 0 saturated heterocycles. The molecule has 0 aliphatic carbocycles. The average molecular weight is 385 g/mol. The van der Waals surface area contributed by atoms with Crippen molar-refractivity contribution in [2.24, 2.45) is 7.05 Å². The second kappa shape index (κ2) is 7.56. The molecule has 142 valence electrons. The summed E-state index contributed by atoms with van der Waals surface area (Å²) in [6.07, 6.45) is 1.78. The number of hydrogen-bond acceptors (Lipinski definition) is 4. The van der Waals surface area contributed by atoms with E-state index in [9.17, 15) is 13.2 Å². The van der Waals surface area contributed by atoms with Crippen LogP contribution in [0.4, 0.5) is 0 Å². The molecule has 0 saturated carbocycles. The van der Waals surface area contributed by atoms with Crippen LogP contribution >= 0.6 is 0 Å². The number of sulfone groups is 1. The molecule has 0 aliphatic rings. The zero-order valence-electron chi connectivity index (χ0n) is 15.7. The molecule has 0 unspecified atom stereocenters. The molecule has 3 aromatic rings. The summed E-state index contributed by atoms with van der Waals surface area (Å²) in [5.74, 6) is 0.740. The first-order valence-electron chi connectivity index (χ1n) is 8.91. The number of benzene rings is 2. The molecule has 0 aliphatic heterocycles. The fourth-order valence-electron chi connectivity index (χ4n) is 3.15. The molecule has 6 heteroatoms. The highest BCUT2D eigenvalue weighted by molar-refractivity contribution is 7.90. The molecule has 3 rings (SSSR count). The van der Waals surface area contributed by atoms with Crippen molar-refractivity contribution in [2.75, 3.05) is 12.4 Å². The highest BCUT2D eigenvalue weighted by Gasteiger charge is 2.16. The van der Waals surface area contributed by atoms with Crippen molar-refractivity contribution in [3.63, 3.8) is 0 Å². The molecule has 0 atom stereocenters. The molecular formula is C21H23NO4S. The van der Waals surface area contributed by atoms with Gasteiger partial charge in [-0.05, 0) is 36.1 Å². The third-order valence-corrected chi connectivity index (χ3v) is 6.20. The van der Waals surface area contributed by atoms with Crippen molar-refractivity contribution < 1.29 is 13.2 Å². The van der Waals surface area contributed by atoms with Crippen LogP contribution < -0.4 is 10.3 Å². The smallest absolute Gasteiger partial charge is 0.258 e. The number of aryl methyl sites for hydroxylation is 1. The van der Waals surface area contributed by atoms with E-state index < -0.39 is 9.84 Å². The van der Waals surface area contributed by atoms with Gasteiger partial charge < -0.3 is 9.30 Å². The van der Waals surface area contributed by atoms with Gasteiger partial charge in [-0.15, -0.1) is 0 Å². The number of nitrogens with zero attached hydrogens (tertiary/aromatic N) is 1. The van der Waals surface area contributed by atoms with Crippen LogP contribution in [-0.4, -0.2) is 25.3 Å². The average Bonchev–Trinajstić information content (AvgIpc) is 2.66. The van der Waals surface area contributed by atoms with Crippen LogP contribution in [0.15, 0.2) is 53.5 Å². The van der Waals surface area contributed by atoms with E-state index >= 15 is 0 Å². The number of ether oxygens (including phenoxy) is 1. The SMILES string of the molecule is CCOc1ccc(CS(=O)(=O)CC)cc1-c1cn(C)c(=O)c2ccccc12. The van der Waals surface area contributed by atoms with Gasteiger partial charge in [0.1, 0.15) is 5.75 Å². The number of aromatic nitrogens is 1. The first-order valence-corrected chi connectivity index (χ1v) is 10.7. The van der Waals surface area contributed by atoms with Crippen LogP contribution in [0.2, 0.25) is 0 Å². The van der Waals surface area contributed by atoms with Gasteiger partial charge in [0.2, 0.25) is 0 Å². The van der Waals surface area contributed by atoms with E-state index in [2.05, 4.69) is 0 Å². The summed E-state index contributed by atoms with van der Waals surface area (Å²) < 4.78 is 31.5. The lowest BCUT2D eigenvalue weighted by atomic mass is 9.98. The molecule has 0 radical (unpaired) electrons. The zero-order chi connectivity index (χ0) is 19.6. The third-order valence-electron chi connectivity index (χ3n) is 4.55. The first kappa shape index (κ1) is 19.2. The Hall–Kier alpha value is -2.60. The monoisotopic (exact) mass is 385 g/mol. The molecule has 2 aromatic carbocycles. The van der Waals surface area contributed by atoms with Crippen molar-refractivity contribution in [1.29, 1.82) is 0 Å². The van der Waals surface area contributed by atoms with E-state index in [0.717, 1.165) is 16.5 Å². The van der Waals surface area contributed by atoms with Crippen LogP contribution in [-0.2, 0) is 22.6 Å². The second-order valence-electron chi connectivity index (χ2n) is 6.44. The topological polar surface area (TPSA) is 65.4 Å². The normalized spacial score (nSPS) is 11.7. The van der Waals surface area contributed by atoms with Gasteiger partial charge in [-0.3, -0.25) is 4.79 Å².